The molecule has 0 unspecified atom stereocenters. The van der Waals surface area contributed by atoms with Crippen molar-refractivity contribution < 1.29 is 4.79 Å². The van der Waals surface area contributed by atoms with Crippen LogP contribution in [-0.4, -0.2) is 17.9 Å². The van der Waals surface area contributed by atoms with Gasteiger partial charge in [-0.25, -0.2) is 0 Å². The maximum atomic E-state index is 13.3. The summed E-state index contributed by atoms with van der Waals surface area (Å²) in [7, 11) is 0. The Morgan fingerprint density at radius 2 is 1.87 bits per heavy atom. The molecule has 2 aromatic carbocycles. The van der Waals surface area contributed by atoms with Gasteiger partial charge >= 0.3 is 0 Å². The number of fused-ring (bicyclic) bond motifs is 1. The van der Waals surface area contributed by atoms with Crippen molar-refractivity contribution in [1.29, 1.82) is 0 Å². The third-order valence-corrected chi connectivity index (χ3v) is 5.27. The number of Topliss-reactive ketones (excluding diaryl/α,β-unsaturated/α-hetero) is 1. The predicted molar refractivity (Wildman–Crippen MR) is 90.4 cm³/mol. The number of carbonyl (C=O) groups is 1. The van der Waals surface area contributed by atoms with Crippen LogP contribution in [0.2, 0.25) is 5.02 Å². The quantitative estimate of drug-likeness (QED) is 0.739. The molecular weight excluding hydrogens is 308 g/mol. The number of hydrogen-bond acceptors (Lipinski definition) is 3. The van der Waals surface area contributed by atoms with Crippen molar-refractivity contribution in [2.75, 3.05) is 6.54 Å². The molecule has 116 valence electrons. The van der Waals surface area contributed by atoms with E-state index in [0.29, 0.717) is 11.6 Å². The number of halogens is 1. The van der Waals surface area contributed by atoms with Crippen LogP contribution in [0.25, 0.3) is 0 Å². The van der Waals surface area contributed by atoms with Crippen LogP contribution < -0.4 is 0 Å². The van der Waals surface area contributed by atoms with Crippen molar-refractivity contribution in [3.63, 3.8) is 0 Å². The van der Waals surface area contributed by atoms with E-state index in [1.165, 1.54) is 0 Å². The van der Waals surface area contributed by atoms with Gasteiger partial charge < -0.3 is 0 Å². The summed E-state index contributed by atoms with van der Waals surface area (Å²) in [6.45, 7) is 0.565. The summed E-state index contributed by atoms with van der Waals surface area (Å²) in [5.74, 6) is 0.116. The first-order valence-electron chi connectivity index (χ1n) is 7.97. The molecule has 2 aromatic rings. The Kier molecular flexibility index (Phi) is 3.53. The summed E-state index contributed by atoms with van der Waals surface area (Å²) in [5.41, 5.74) is 2.28. The van der Waals surface area contributed by atoms with E-state index < -0.39 is 5.54 Å². The van der Waals surface area contributed by atoms with Crippen molar-refractivity contribution in [3.8, 4) is 0 Å². The molecule has 1 aliphatic heterocycles. The van der Waals surface area contributed by atoms with Crippen LogP contribution in [0, 0.1) is 0 Å². The third kappa shape index (κ3) is 2.31. The van der Waals surface area contributed by atoms with Gasteiger partial charge in [0, 0.05) is 16.5 Å². The Balaban J connectivity index is 1.80. The average molecular weight is 325 g/mol. The SMILES string of the molecule is O=C1c2ccccc2CCC[C@@]12N=NC[C@@H]2c1ccc(Cl)cc1. The first-order valence-corrected chi connectivity index (χ1v) is 8.35. The molecular formula is C19H17ClN2O. The van der Waals surface area contributed by atoms with E-state index in [1.54, 1.807) is 0 Å². The Morgan fingerprint density at radius 3 is 2.70 bits per heavy atom. The molecule has 1 spiro atoms. The van der Waals surface area contributed by atoms with Gasteiger partial charge in [0.2, 0.25) is 0 Å². The van der Waals surface area contributed by atoms with Gasteiger partial charge in [-0.05, 0) is 42.5 Å². The minimum atomic E-state index is -0.750. The Morgan fingerprint density at radius 1 is 1.09 bits per heavy atom. The lowest BCUT2D eigenvalue weighted by Gasteiger charge is -2.29. The fourth-order valence-electron chi connectivity index (χ4n) is 3.83. The lowest BCUT2D eigenvalue weighted by molar-refractivity contribution is 0.0870. The van der Waals surface area contributed by atoms with Gasteiger partial charge in [-0.3, -0.25) is 4.79 Å². The summed E-state index contributed by atoms with van der Waals surface area (Å²) in [6.07, 6.45) is 2.62. The summed E-state index contributed by atoms with van der Waals surface area (Å²) in [5, 5.41) is 9.47. The number of benzene rings is 2. The van der Waals surface area contributed by atoms with Gasteiger partial charge in [0.05, 0.1) is 6.54 Å². The number of nitrogens with zero attached hydrogens (tertiary/aromatic N) is 2. The molecule has 4 heteroatoms. The van der Waals surface area contributed by atoms with Gasteiger partial charge in [-0.1, -0.05) is 48.0 Å². The molecule has 0 aromatic heterocycles. The number of carbonyl (C=O) groups excluding carboxylic acids is 1. The number of ketones is 1. The summed E-state index contributed by atoms with van der Waals surface area (Å²) < 4.78 is 0. The minimum Gasteiger partial charge on any atom is -0.291 e. The molecule has 0 N–H and O–H groups in total. The average Bonchev–Trinajstić information content (AvgIpc) is 2.94. The first kappa shape index (κ1) is 14.6. The number of rotatable bonds is 1. The fraction of sp³-hybridized carbons (Fsp3) is 0.316. The van der Waals surface area contributed by atoms with Crippen molar-refractivity contribution >= 4 is 17.4 Å². The number of hydrogen-bond donors (Lipinski definition) is 0. The van der Waals surface area contributed by atoms with E-state index in [1.807, 2.05) is 42.5 Å². The smallest absolute Gasteiger partial charge is 0.193 e. The molecule has 2 atom stereocenters. The second kappa shape index (κ2) is 5.57. The van der Waals surface area contributed by atoms with Gasteiger partial charge in [0.1, 0.15) is 0 Å². The highest BCUT2D eigenvalue weighted by Gasteiger charge is 2.50. The second-order valence-electron chi connectivity index (χ2n) is 6.29. The van der Waals surface area contributed by atoms with Crippen LogP contribution in [0.4, 0.5) is 0 Å². The fourth-order valence-corrected chi connectivity index (χ4v) is 3.95. The highest BCUT2D eigenvalue weighted by molar-refractivity contribution is 6.30. The first-order chi connectivity index (χ1) is 11.2. The van der Waals surface area contributed by atoms with Crippen LogP contribution in [0.5, 0.6) is 0 Å². The summed E-state index contributed by atoms with van der Waals surface area (Å²) in [4.78, 5) is 13.3. The standard InChI is InChI=1S/C19H17ClN2O/c20-15-9-7-14(8-10-15)17-12-21-22-19(17)11-3-5-13-4-1-2-6-16(13)18(19)23/h1-2,4,6-10,17H,3,5,11-12H2/t17-,19+/m1/s1. The second-order valence-corrected chi connectivity index (χ2v) is 6.73. The highest BCUT2D eigenvalue weighted by atomic mass is 35.5. The highest BCUT2D eigenvalue weighted by Crippen LogP contribution is 2.45. The zero-order valence-electron chi connectivity index (χ0n) is 12.7. The van der Waals surface area contributed by atoms with Gasteiger partial charge in [-0.15, -0.1) is 0 Å². The van der Waals surface area contributed by atoms with Gasteiger partial charge in [0.15, 0.2) is 11.3 Å². The Bertz CT molecular complexity index is 784. The zero-order chi connectivity index (χ0) is 15.9. The maximum absolute atomic E-state index is 13.3. The van der Waals surface area contributed by atoms with E-state index in [9.17, 15) is 4.79 Å². The monoisotopic (exact) mass is 324 g/mol. The Labute approximate surface area is 140 Å². The summed E-state index contributed by atoms with van der Waals surface area (Å²) >= 11 is 6.00. The normalized spacial score (nSPS) is 26.3. The van der Waals surface area contributed by atoms with Crippen LogP contribution in [-0.2, 0) is 6.42 Å². The molecule has 4 rings (SSSR count). The molecule has 1 aliphatic carbocycles. The van der Waals surface area contributed by atoms with E-state index >= 15 is 0 Å². The van der Waals surface area contributed by atoms with Crippen molar-refractivity contribution in [2.24, 2.45) is 10.2 Å². The largest absolute Gasteiger partial charge is 0.291 e. The van der Waals surface area contributed by atoms with Crippen LogP contribution in [0.1, 0.15) is 40.2 Å². The molecule has 0 radical (unpaired) electrons. The van der Waals surface area contributed by atoms with Gasteiger partial charge in [0.25, 0.3) is 0 Å². The lowest BCUT2D eigenvalue weighted by atomic mass is 9.74. The molecule has 23 heavy (non-hydrogen) atoms. The lowest BCUT2D eigenvalue weighted by Crippen LogP contribution is -2.40. The van der Waals surface area contributed by atoms with Crippen LogP contribution in [0.15, 0.2) is 58.8 Å². The molecule has 0 bridgehead atoms. The predicted octanol–water partition coefficient (Wildman–Crippen LogP) is 4.85. The van der Waals surface area contributed by atoms with Gasteiger partial charge in [-0.2, -0.15) is 10.2 Å². The van der Waals surface area contributed by atoms with Crippen LogP contribution >= 0.6 is 11.6 Å². The molecule has 1 heterocycles. The van der Waals surface area contributed by atoms with E-state index in [2.05, 4.69) is 16.3 Å². The van der Waals surface area contributed by atoms with E-state index in [4.69, 9.17) is 11.6 Å². The maximum Gasteiger partial charge on any atom is 0.193 e. The molecule has 3 nitrogen and oxygen atoms in total. The molecule has 0 saturated carbocycles. The molecule has 0 saturated heterocycles. The zero-order valence-corrected chi connectivity index (χ0v) is 13.5. The van der Waals surface area contributed by atoms with E-state index in [0.717, 1.165) is 36.0 Å². The van der Waals surface area contributed by atoms with Crippen molar-refractivity contribution in [3.05, 3.63) is 70.2 Å². The molecule has 0 fully saturated rings. The molecule has 0 amide bonds. The third-order valence-electron chi connectivity index (χ3n) is 5.02. The van der Waals surface area contributed by atoms with Crippen molar-refractivity contribution in [2.45, 2.75) is 30.7 Å². The summed E-state index contributed by atoms with van der Waals surface area (Å²) in [6, 6.07) is 15.6. The number of azo groups is 1. The number of aryl methyl sites for hydroxylation is 1. The topological polar surface area (TPSA) is 41.8 Å². The van der Waals surface area contributed by atoms with Crippen molar-refractivity contribution in [1.82, 2.24) is 0 Å². The molecule has 2 aliphatic rings. The van der Waals surface area contributed by atoms with E-state index in [-0.39, 0.29) is 11.7 Å². The Hall–Kier alpha value is -2.00. The van der Waals surface area contributed by atoms with Crippen LogP contribution in [0.3, 0.4) is 0 Å². The minimum absolute atomic E-state index is 0.00146.